The first-order valence-electron chi connectivity index (χ1n) is 10.8. The van der Waals surface area contributed by atoms with Crippen LogP contribution < -0.4 is 20.8 Å². The van der Waals surface area contributed by atoms with Crippen molar-refractivity contribution < 1.29 is 19.1 Å². The molecule has 8 nitrogen and oxygen atoms in total. The number of benzene rings is 3. The van der Waals surface area contributed by atoms with Crippen molar-refractivity contribution in [1.82, 2.24) is 10.7 Å². The zero-order valence-corrected chi connectivity index (χ0v) is 19.8. The standard InChI is InChI=1S/C26H25ClN4O4/c1-18-7-10-21(11-8-18)30-24(32)17-35-23-12-9-20(15-22(23)27)16-29-31-26(34)25(33)28-14-13-19-5-3-2-4-6-19/h2-12,15-16H,13-14,17H2,1H3,(H,28,33)(H,30,32)(H,31,34)/b29-16-. The van der Waals surface area contributed by atoms with Crippen LogP contribution in [0.25, 0.3) is 0 Å². The fourth-order valence-corrected chi connectivity index (χ4v) is 3.20. The number of nitrogens with zero attached hydrogens (tertiary/aromatic N) is 1. The number of hydrazone groups is 1. The molecule has 0 spiro atoms. The molecule has 3 amide bonds. The SMILES string of the molecule is Cc1ccc(NC(=O)COc2ccc(/C=N\NC(=O)C(=O)NCCc3ccccc3)cc2Cl)cc1. The first kappa shape index (κ1) is 25.5. The molecule has 0 atom stereocenters. The van der Waals surface area contributed by atoms with Gasteiger partial charge in [-0.1, -0.05) is 59.6 Å². The highest BCUT2D eigenvalue weighted by molar-refractivity contribution is 6.35. The summed E-state index contributed by atoms with van der Waals surface area (Å²) in [5, 5.41) is 9.32. The third kappa shape index (κ3) is 8.60. The van der Waals surface area contributed by atoms with E-state index in [-0.39, 0.29) is 17.5 Å². The molecule has 0 radical (unpaired) electrons. The van der Waals surface area contributed by atoms with Crippen LogP contribution in [0.3, 0.4) is 0 Å². The van der Waals surface area contributed by atoms with Gasteiger partial charge in [-0.25, -0.2) is 5.43 Å². The summed E-state index contributed by atoms with van der Waals surface area (Å²) in [6, 6.07) is 21.8. The zero-order chi connectivity index (χ0) is 25.0. The number of hydrogen-bond donors (Lipinski definition) is 3. The van der Waals surface area contributed by atoms with Crippen molar-refractivity contribution in [1.29, 1.82) is 0 Å². The Morgan fingerprint density at radius 3 is 2.43 bits per heavy atom. The Hall–Kier alpha value is -4.17. The first-order valence-corrected chi connectivity index (χ1v) is 11.2. The van der Waals surface area contributed by atoms with Crippen LogP contribution in [0.15, 0.2) is 77.9 Å². The molecular weight excluding hydrogens is 468 g/mol. The number of carbonyl (C=O) groups excluding carboxylic acids is 3. The van der Waals surface area contributed by atoms with Crippen molar-refractivity contribution in [2.24, 2.45) is 5.10 Å². The molecule has 0 saturated carbocycles. The van der Waals surface area contributed by atoms with Gasteiger partial charge in [-0.2, -0.15) is 5.10 Å². The number of rotatable bonds is 9. The van der Waals surface area contributed by atoms with E-state index in [1.54, 1.807) is 18.2 Å². The minimum Gasteiger partial charge on any atom is -0.482 e. The molecule has 35 heavy (non-hydrogen) atoms. The van der Waals surface area contributed by atoms with E-state index in [9.17, 15) is 14.4 Å². The number of hydrogen-bond acceptors (Lipinski definition) is 5. The molecule has 0 bridgehead atoms. The quantitative estimate of drug-likeness (QED) is 0.241. The minimum absolute atomic E-state index is 0.212. The normalized spacial score (nSPS) is 10.6. The fourth-order valence-electron chi connectivity index (χ4n) is 2.95. The number of halogens is 1. The maximum atomic E-state index is 12.1. The summed E-state index contributed by atoms with van der Waals surface area (Å²) in [7, 11) is 0. The number of carbonyl (C=O) groups is 3. The van der Waals surface area contributed by atoms with Gasteiger partial charge in [0.2, 0.25) is 0 Å². The van der Waals surface area contributed by atoms with Gasteiger partial charge in [0.25, 0.3) is 5.91 Å². The van der Waals surface area contributed by atoms with Crippen LogP contribution in [0.4, 0.5) is 5.69 Å². The second-order valence-electron chi connectivity index (χ2n) is 7.58. The summed E-state index contributed by atoms with van der Waals surface area (Å²) in [6.07, 6.45) is 1.96. The highest BCUT2D eigenvalue weighted by atomic mass is 35.5. The van der Waals surface area contributed by atoms with E-state index in [0.717, 1.165) is 11.1 Å². The van der Waals surface area contributed by atoms with Gasteiger partial charge in [-0.05, 0) is 54.8 Å². The van der Waals surface area contributed by atoms with Crippen molar-refractivity contribution in [3.63, 3.8) is 0 Å². The number of aryl methyl sites for hydroxylation is 1. The van der Waals surface area contributed by atoms with Crippen LogP contribution in [0.2, 0.25) is 5.02 Å². The Bertz CT molecular complexity index is 1200. The maximum Gasteiger partial charge on any atom is 0.329 e. The lowest BCUT2D eigenvalue weighted by Crippen LogP contribution is -2.38. The third-order valence-corrected chi connectivity index (χ3v) is 5.07. The number of anilines is 1. The molecule has 0 saturated heterocycles. The molecule has 0 aromatic heterocycles. The van der Waals surface area contributed by atoms with Gasteiger partial charge in [-0.15, -0.1) is 0 Å². The van der Waals surface area contributed by atoms with Crippen molar-refractivity contribution >= 4 is 41.2 Å². The summed E-state index contributed by atoms with van der Waals surface area (Å²) < 4.78 is 5.48. The summed E-state index contributed by atoms with van der Waals surface area (Å²) >= 11 is 6.22. The van der Waals surface area contributed by atoms with E-state index in [4.69, 9.17) is 16.3 Å². The van der Waals surface area contributed by atoms with E-state index in [1.165, 1.54) is 6.21 Å². The van der Waals surface area contributed by atoms with Crippen molar-refractivity contribution in [2.45, 2.75) is 13.3 Å². The molecule has 0 aliphatic heterocycles. The minimum atomic E-state index is -0.875. The smallest absolute Gasteiger partial charge is 0.329 e. The van der Waals surface area contributed by atoms with Crippen LogP contribution in [0.1, 0.15) is 16.7 Å². The highest BCUT2D eigenvalue weighted by Gasteiger charge is 2.12. The predicted molar refractivity (Wildman–Crippen MR) is 136 cm³/mol. The van der Waals surface area contributed by atoms with Crippen molar-refractivity contribution in [3.05, 3.63) is 94.5 Å². The van der Waals surface area contributed by atoms with Crippen LogP contribution >= 0.6 is 11.6 Å². The average Bonchev–Trinajstić information content (AvgIpc) is 2.85. The molecule has 3 N–H and O–H groups in total. The molecule has 0 aliphatic carbocycles. The van der Waals surface area contributed by atoms with Gasteiger partial charge in [-0.3, -0.25) is 14.4 Å². The molecule has 3 aromatic rings. The fraction of sp³-hybridized carbons (Fsp3) is 0.154. The van der Waals surface area contributed by atoms with Gasteiger partial charge in [0, 0.05) is 12.2 Å². The molecule has 0 heterocycles. The molecule has 0 aliphatic rings. The molecule has 3 aromatic carbocycles. The predicted octanol–water partition coefficient (Wildman–Crippen LogP) is 3.47. The van der Waals surface area contributed by atoms with Gasteiger partial charge < -0.3 is 15.4 Å². The van der Waals surface area contributed by atoms with Crippen molar-refractivity contribution in [3.8, 4) is 5.75 Å². The second-order valence-corrected chi connectivity index (χ2v) is 7.99. The Morgan fingerprint density at radius 1 is 0.971 bits per heavy atom. The van der Waals surface area contributed by atoms with Crippen LogP contribution in [-0.2, 0) is 20.8 Å². The summed E-state index contributed by atoms with van der Waals surface area (Å²) in [6.45, 7) is 2.08. The summed E-state index contributed by atoms with van der Waals surface area (Å²) in [5.74, 6) is -1.64. The molecule has 3 rings (SSSR count). The van der Waals surface area contributed by atoms with Gasteiger partial charge >= 0.3 is 11.8 Å². The zero-order valence-electron chi connectivity index (χ0n) is 19.1. The molecule has 180 valence electrons. The van der Waals surface area contributed by atoms with E-state index in [0.29, 0.717) is 30.0 Å². The lowest BCUT2D eigenvalue weighted by molar-refractivity contribution is -0.139. The van der Waals surface area contributed by atoms with E-state index in [2.05, 4.69) is 21.2 Å². The van der Waals surface area contributed by atoms with Crippen LogP contribution in [-0.4, -0.2) is 37.1 Å². The number of amides is 3. The Labute approximate surface area is 208 Å². The molecule has 0 fully saturated rings. The maximum absolute atomic E-state index is 12.1. The van der Waals surface area contributed by atoms with E-state index >= 15 is 0 Å². The average molecular weight is 493 g/mol. The van der Waals surface area contributed by atoms with Gasteiger partial charge in [0.05, 0.1) is 11.2 Å². The number of nitrogens with one attached hydrogen (secondary N) is 3. The Balaban J connectivity index is 1.41. The lowest BCUT2D eigenvalue weighted by atomic mass is 10.1. The lowest BCUT2D eigenvalue weighted by Gasteiger charge is -2.09. The van der Waals surface area contributed by atoms with E-state index < -0.39 is 11.8 Å². The number of ether oxygens (including phenoxy) is 1. The first-order chi connectivity index (χ1) is 16.9. The van der Waals surface area contributed by atoms with Crippen LogP contribution in [0, 0.1) is 6.92 Å². The highest BCUT2D eigenvalue weighted by Crippen LogP contribution is 2.25. The Kier molecular flexibility index (Phi) is 9.39. The largest absolute Gasteiger partial charge is 0.482 e. The van der Waals surface area contributed by atoms with Crippen molar-refractivity contribution in [2.75, 3.05) is 18.5 Å². The molecule has 0 unspecified atom stereocenters. The summed E-state index contributed by atoms with van der Waals surface area (Å²) in [4.78, 5) is 35.8. The van der Waals surface area contributed by atoms with Crippen LogP contribution in [0.5, 0.6) is 5.75 Å². The monoisotopic (exact) mass is 492 g/mol. The molecule has 9 heteroatoms. The van der Waals surface area contributed by atoms with Gasteiger partial charge in [0.1, 0.15) is 5.75 Å². The third-order valence-electron chi connectivity index (χ3n) is 4.78. The second kappa shape index (κ2) is 12.9. The Morgan fingerprint density at radius 2 is 1.71 bits per heavy atom. The topological polar surface area (TPSA) is 109 Å². The molecular formula is C26H25ClN4O4. The van der Waals surface area contributed by atoms with Gasteiger partial charge in [0.15, 0.2) is 6.61 Å². The summed E-state index contributed by atoms with van der Waals surface area (Å²) in [5.41, 5.74) is 5.56. The van der Waals surface area contributed by atoms with E-state index in [1.807, 2.05) is 61.5 Å².